The fourth-order valence-corrected chi connectivity index (χ4v) is 5.34. The molecular weight excluding hydrogens is 490 g/mol. The molecule has 0 unspecified atom stereocenters. The van der Waals surface area contributed by atoms with Gasteiger partial charge in [0.2, 0.25) is 5.91 Å². The topological polar surface area (TPSA) is 65.0 Å². The molecule has 0 saturated carbocycles. The molecule has 1 N–H and O–H groups in total. The fraction of sp³-hybridized carbons (Fsp3) is 0.344. The third-order valence-electron chi connectivity index (χ3n) is 7.41. The Morgan fingerprint density at radius 3 is 2.36 bits per heavy atom. The monoisotopic (exact) mass is 527 g/mol. The van der Waals surface area contributed by atoms with Gasteiger partial charge >= 0.3 is 0 Å². The number of hydrogen-bond acceptors (Lipinski definition) is 5. The van der Waals surface area contributed by atoms with Crippen molar-refractivity contribution in [1.82, 2.24) is 14.8 Å². The van der Waals surface area contributed by atoms with Gasteiger partial charge in [0, 0.05) is 68.2 Å². The number of nitrogens with one attached hydrogen (secondary N) is 1. The molecule has 0 aliphatic carbocycles. The molecule has 2 heterocycles. The van der Waals surface area contributed by atoms with Crippen molar-refractivity contribution in [3.63, 3.8) is 0 Å². The Kier molecular flexibility index (Phi) is 8.81. The highest BCUT2D eigenvalue weighted by Gasteiger charge is 2.24. The number of ether oxygens (including phenoxy) is 3. The molecule has 7 heteroatoms. The molecule has 3 aromatic carbocycles. The molecule has 1 atom stereocenters. The molecule has 0 bridgehead atoms. The van der Waals surface area contributed by atoms with Crippen LogP contribution in [0, 0.1) is 0 Å². The van der Waals surface area contributed by atoms with Crippen LogP contribution in [0.2, 0.25) is 0 Å². The van der Waals surface area contributed by atoms with E-state index in [0.29, 0.717) is 24.5 Å². The maximum absolute atomic E-state index is 13.4. The number of carbonyl (C=O) groups excluding carboxylic acids is 1. The van der Waals surface area contributed by atoms with Crippen LogP contribution in [0.25, 0.3) is 10.9 Å². The number of fused-ring (bicyclic) bond motifs is 1. The average Bonchev–Trinajstić information content (AvgIpc) is 3.34. The second kappa shape index (κ2) is 12.8. The Hall–Kier alpha value is -3.81. The lowest BCUT2D eigenvalue weighted by Gasteiger charge is -2.26. The second-order valence-electron chi connectivity index (χ2n) is 9.92. The highest BCUT2D eigenvalue weighted by atomic mass is 16.5. The highest BCUT2D eigenvalue weighted by molar-refractivity contribution is 5.87. The first-order valence-corrected chi connectivity index (χ1v) is 13.6. The predicted molar refractivity (Wildman–Crippen MR) is 154 cm³/mol. The fourth-order valence-electron chi connectivity index (χ4n) is 5.34. The molecule has 204 valence electrons. The van der Waals surface area contributed by atoms with Crippen LogP contribution in [0.1, 0.15) is 29.0 Å². The van der Waals surface area contributed by atoms with E-state index in [2.05, 4.69) is 69.5 Å². The molecule has 1 amide bonds. The first kappa shape index (κ1) is 26.8. The molecule has 0 spiro atoms. The molecule has 1 fully saturated rings. The predicted octanol–water partition coefficient (Wildman–Crippen LogP) is 4.68. The number of benzene rings is 3. The summed E-state index contributed by atoms with van der Waals surface area (Å²) in [7, 11) is 3.30. The van der Waals surface area contributed by atoms with Crippen molar-refractivity contribution >= 4 is 16.8 Å². The summed E-state index contributed by atoms with van der Waals surface area (Å²) in [4.78, 5) is 15.7. The van der Waals surface area contributed by atoms with Gasteiger partial charge in [0.25, 0.3) is 0 Å². The number of hydrogen-bond donors (Lipinski definition) is 1. The number of morpholine rings is 1. The number of carbonyl (C=O) groups is 1. The maximum atomic E-state index is 13.4. The molecule has 5 rings (SSSR count). The zero-order chi connectivity index (χ0) is 27.0. The normalized spacial score (nSPS) is 14.7. The molecule has 7 nitrogen and oxygen atoms in total. The first-order valence-electron chi connectivity index (χ1n) is 13.6. The van der Waals surface area contributed by atoms with Crippen LogP contribution in [0.15, 0.2) is 79.0 Å². The van der Waals surface area contributed by atoms with Crippen LogP contribution in [0.5, 0.6) is 11.5 Å². The number of amides is 1. The number of nitrogens with zero attached hydrogens (tertiary/aromatic N) is 2. The molecular formula is C32H37N3O4. The Labute approximate surface area is 230 Å². The van der Waals surface area contributed by atoms with Gasteiger partial charge in [0.1, 0.15) is 11.5 Å². The van der Waals surface area contributed by atoms with E-state index in [0.717, 1.165) is 61.4 Å². The van der Waals surface area contributed by atoms with Gasteiger partial charge < -0.3 is 24.1 Å². The van der Waals surface area contributed by atoms with Crippen molar-refractivity contribution in [2.75, 3.05) is 53.6 Å². The van der Waals surface area contributed by atoms with Gasteiger partial charge in [-0.05, 0) is 34.9 Å². The number of rotatable bonds is 11. The molecule has 1 aliphatic heterocycles. The van der Waals surface area contributed by atoms with Crippen molar-refractivity contribution in [1.29, 1.82) is 0 Å². The highest BCUT2D eigenvalue weighted by Crippen LogP contribution is 2.38. The molecule has 1 aliphatic rings. The zero-order valence-corrected chi connectivity index (χ0v) is 22.8. The minimum absolute atomic E-state index is 0.0231. The van der Waals surface area contributed by atoms with E-state index in [4.69, 9.17) is 14.2 Å². The Balaban J connectivity index is 1.47. The summed E-state index contributed by atoms with van der Waals surface area (Å²) >= 11 is 0. The summed E-state index contributed by atoms with van der Waals surface area (Å²) in [5.74, 6) is 1.25. The van der Waals surface area contributed by atoms with E-state index in [1.54, 1.807) is 14.2 Å². The average molecular weight is 528 g/mol. The number of para-hydroxylation sites is 1. The van der Waals surface area contributed by atoms with Gasteiger partial charge in [0.15, 0.2) is 0 Å². The lowest BCUT2D eigenvalue weighted by Crippen LogP contribution is -2.41. The first-order chi connectivity index (χ1) is 19.1. The standard InChI is InChI=1S/C32H37N3O4/c1-37-26-18-25(19-27(20-26)38-2)29(21-32(36)33-12-13-34-14-16-39-17-15-34)30-23-35(22-24-8-4-3-5-9-24)31-11-7-6-10-28(30)31/h3-11,18-20,23,29H,12-17,21-22H2,1-2H3,(H,33,36)/t29-/m1/s1. The summed E-state index contributed by atoms with van der Waals surface area (Å²) in [5.41, 5.74) is 4.46. The van der Waals surface area contributed by atoms with E-state index in [1.165, 1.54) is 5.56 Å². The van der Waals surface area contributed by atoms with Crippen molar-refractivity contribution < 1.29 is 19.0 Å². The van der Waals surface area contributed by atoms with Crippen LogP contribution in [-0.4, -0.2) is 69.0 Å². The second-order valence-corrected chi connectivity index (χ2v) is 9.92. The SMILES string of the molecule is COc1cc(OC)cc([C@@H](CC(=O)NCCN2CCOCC2)c2cn(Cc3ccccc3)c3ccccc23)c1. The molecule has 39 heavy (non-hydrogen) atoms. The minimum atomic E-state index is -0.181. The van der Waals surface area contributed by atoms with Gasteiger partial charge in [0.05, 0.1) is 27.4 Å². The third kappa shape index (κ3) is 6.61. The van der Waals surface area contributed by atoms with E-state index in [9.17, 15) is 4.79 Å². The van der Waals surface area contributed by atoms with Crippen molar-refractivity contribution in [2.45, 2.75) is 18.9 Å². The van der Waals surface area contributed by atoms with E-state index in [1.807, 2.05) is 24.3 Å². The van der Waals surface area contributed by atoms with Gasteiger partial charge in [-0.1, -0.05) is 48.5 Å². The van der Waals surface area contributed by atoms with Crippen LogP contribution in [-0.2, 0) is 16.1 Å². The van der Waals surface area contributed by atoms with Crippen molar-refractivity contribution in [2.24, 2.45) is 0 Å². The maximum Gasteiger partial charge on any atom is 0.220 e. The Morgan fingerprint density at radius 1 is 0.949 bits per heavy atom. The quantitative estimate of drug-likeness (QED) is 0.307. The Morgan fingerprint density at radius 2 is 1.64 bits per heavy atom. The lowest BCUT2D eigenvalue weighted by molar-refractivity contribution is -0.121. The summed E-state index contributed by atoms with van der Waals surface area (Å²) < 4.78 is 18.9. The van der Waals surface area contributed by atoms with Crippen molar-refractivity contribution in [3.8, 4) is 11.5 Å². The van der Waals surface area contributed by atoms with E-state index >= 15 is 0 Å². The third-order valence-corrected chi connectivity index (χ3v) is 7.41. The van der Waals surface area contributed by atoms with Gasteiger partial charge in [-0.15, -0.1) is 0 Å². The Bertz CT molecular complexity index is 1360. The van der Waals surface area contributed by atoms with E-state index in [-0.39, 0.29) is 11.8 Å². The van der Waals surface area contributed by atoms with Crippen LogP contribution in [0.4, 0.5) is 0 Å². The summed E-state index contributed by atoms with van der Waals surface area (Å²) in [6, 6.07) is 24.7. The summed E-state index contributed by atoms with van der Waals surface area (Å²) in [6.07, 6.45) is 2.52. The molecule has 0 radical (unpaired) electrons. The number of methoxy groups -OCH3 is 2. The van der Waals surface area contributed by atoms with Gasteiger partial charge in [-0.2, -0.15) is 0 Å². The van der Waals surface area contributed by atoms with Gasteiger partial charge in [-0.25, -0.2) is 0 Å². The summed E-state index contributed by atoms with van der Waals surface area (Å²) in [6.45, 7) is 5.50. The van der Waals surface area contributed by atoms with Crippen LogP contribution in [0.3, 0.4) is 0 Å². The van der Waals surface area contributed by atoms with E-state index < -0.39 is 0 Å². The molecule has 1 aromatic heterocycles. The smallest absolute Gasteiger partial charge is 0.220 e. The minimum Gasteiger partial charge on any atom is -0.497 e. The lowest BCUT2D eigenvalue weighted by atomic mass is 9.87. The number of aromatic nitrogens is 1. The molecule has 1 saturated heterocycles. The summed E-state index contributed by atoms with van der Waals surface area (Å²) in [5, 5.41) is 4.30. The van der Waals surface area contributed by atoms with Crippen LogP contribution < -0.4 is 14.8 Å². The largest absolute Gasteiger partial charge is 0.497 e. The van der Waals surface area contributed by atoms with Crippen molar-refractivity contribution in [3.05, 3.63) is 95.7 Å². The van der Waals surface area contributed by atoms with Crippen LogP contribution >= 0.6 is 0 Å². The zero-order valence-electron chi connectivity index (χ0n) is 22.8. The molecule has 4 aromatic rings. The van der Waals surface area contributed by atoms with Gasteiger partial charge in [-0.3, -0.25) is 9.69 Å².